The smallest absolute Gasteiger partial charge is 0.256 e. The number of aromatic nitrogens is 1. The molecule has 3 aromatic carbocycles. The summed E-state index contributed by atoms with van der Waals surface area (Å²) < 4.78 is 37.9. The molecule has 0 saturated carbocycles. The predicted octanol–water partition coefficient (Wildman–Crippen LogP) is 5.80. The molecule has 1 heterocycles. The third-order valence-electron chi connectivity index (χ3n) is 4.91. The van der Waals surface area contributed by atoms with E-state index >= 15 is 0 Å². The summed E-state index contributed by atoms with van der Waals surface area (Å²) in [5.41, 5.74) is 2.92. The van der Waals surface area contributed by atoms with Crippen LogP contribution in [0.25, 0.3) is 22.4 Å². The molecule has 0 bridgehead atoms. The minimum atomic E-state index is -3.52. The van der Waals surface area contributed by atoms with Crippen molar-refractivity contribution < 1.29 is 17.6 Å². The first-order valence-corrected chi connectivity index (χ1v) is 11.8. The fourth-order valence-electron chi connectivity index (χ4n) is 3.35. The van der Waals surface area contributed by atoms with E-state index in [-0.39, 0.29) is 10.5 Å². The molecular weight excluding hydrogens is 451 g/mol. The molecule has 32 heavy (non-hydrogen) atoms. The van der Waals surface area contributed by atoms with Crippen molar-refractivity contribution in [1.29, 1.82) is 0 Å². The van der Waals surface area contributed by atoms with Gasteiger partial charge in [0.25, 0.3) is 5.91 Å². The highest BCUT2D eigenvalue weighted by Crippen LogP contribution is 2.31. The standard InChI is InChI=1S/C24H18ClFN2O3S/c1-32(30,31)18-8-9-19(20(14-18)15-4-2-5-16(26)12-15)24(29)28-17-7-10-22(25)21(13-17)23-6-3-11-27-23/h2-14,27H,1H3,(H,28,29). The van der Waals surface area contributed by atoms with E-state index < -0.39 is 21.6 Å². The molecule has 4 aromatic rings. The Labute approximate surface area is 189 Å². The third-order valence-corrected chi connectivity index (χ3v) is 6.35. The third kappa shape index (κ3) is 4.59. The Hall–Kier alpha value is -3.42. The Bertz CT molecular complexity index is 1420. The van der Waals surface area contributed by atoms with Crippen LogP contribution in [-0.2, 0) is 9.84 Å². The number of hydrogen-bond acceptors (Lipinski definition) is 3. The molecule has 4 rings (SSSR count). The van der Waals surface area contributed by atoms with E-state index in [4.69, 9.17) is 11.6 Å². The van der Waals surface area contributed by atoms with Crippen molar-refractivity contribution in [2.75, 3.05) is 11.6 Å². The molecule has 0 aliphatic carbocycles. The molecule has 0 aliphatic rings. The molecule has 0 atom stereocenters. The van der Waals surface area contributed by atoms with Crippen LogP contribution in [0.5, 0.6) is 0 Å². The lowest BCUT2D eigenvalue weighted by Crippen LogP contribution is -2.14. The summed E-state index contributed by atoms with van der Waals surface area (Å²) in [6, 6.07) is 18.6. The van der Waals surface area contributed by atoms with Gasteiger partial charge in [-0.3, -0.25) is 4.79 Å². The summed E-state index contributed by atoms with van der Waals surface area (Å²) in [4.78, 5) is 16.3. The Balaban J connectivity index is 1.75. The zero-order valence-corrected chi connectivity index (χ0v) is 18.5. The van der Waals surface area contributed by atoms with Crippen LogP contribution < -0.4 is 5.32 Å². The molecule has 1 aromatic heterocycles. The number of benzene rings is 3. The molecule has 8 heteroatoms. The van der Waals surface area contributed by atoms with Crippen molar-refractivity contribution in [2.45, 2.75) is 4.90 Å². The minimum Gasteiger partial charge on any atom is -0.361 e. The van der Waals surface area contributed by atoms with Crippen LogP contribution >= 0.6 is 11.6 Å². The number of rotatable bonds is 5. The monoisotopic (exact) mass is 468 g/mol. The van der Waals surface area contributed by atoms with E-state index in [0.29, 0.717) is 27.4 Å². The summed E-state index contributed by atoms with van der Waals surface area (Å²) in [6.07, 6.45) is 2.85. The average molecular weight is 469 g/mol. The highest BCUT2D eigenvalue weighted by atomic mass is 35.5. The number of hydrogen-bond donors (Lipinski definition) is 2. The van der Waals surface area contributed by atoms with Gasteiger partial charge in [0, 0.05) is 35.0 Å². The van der Waals surface area contributed by atoms with E-state index in [0.717, 1.165) is 11.9 Å². The zero-order chi connectivity index (χ0) is 22.9. The average Bonchev–Trinajstić information content (AvgIpc) is 3.28. The lowest BCUT2D eigenvalue weighted by Gasteiger charge is -2.13. The van der Waals surface area contributed by atoms with Crippen molar-refractivity contribution >= 4 is 33.0 Å². The summed E-state index contributed by atoms with van der Waals surface area (Å²) in [5, 5.41) is 3.33. The van der Waals surface area contributed by atoms with Gasteiger partial charge in [-0.2, -0.15) is 0 Å². The van der Waals surface area contributed by atoms with Crippen molar-refractivity contribution in [3.05, 3.63) is 95.4 Å². The fraction of sp³-hybridized carbons (Fsp3) is 0.0417. The van der Waals surface area contributed by atoms with Crippen LogP contribution in [0.2, 0.25) is 5.02 Å². The number of anilines is 1. The second-order valence-corrected chi connectivity index (χ2v) is 9.65. The highest BCUT2D eigenvalue weighted by Gasteiger charge is 2.18. The van der Waals surface area contributed by atoms with Gasteiger partial charge in [-0.15, -0.1) is 0 Å². The SMILES string of the molecule is CS(=O)(=O)c1ccc(C(=O)Nc2ccc(Cl)c(-c3ccc[nH]3)c2)c(-c2cccc(F)c2)c1. The molecule has 0 spiro atoms. The van der Waals surface area contributed by atoms with E-state index in [9.17, 15) is 17.6 Å². The van der Waals surface area contributed by atoms with Crippen molar-refractivity contribution in [3.63, 3.8) is 0 Å². The van der Waals surface area contributed by atoms with Gasteiger partial charge in [0.05, 0.1) is 9.92 Å². The molecule has 5 nitrogen and oxygen atoms in total. The van der Waals surface area contributed by atoms with Gasteiger partial charge in [0.15, 0.2) is 9.84 Å². The molecule has 1 amide bonds. The molecular formula is C24H18ClFN2O3S. The maximum absolute atomic E-state index is 13.8. The molecule has 0 fully saturated rings. The van der Waals surface area contributed by atoms with E-state index in [1.807, 2.05) is 12.1 Å². The zero-order valence-electron chi connectivity index (χ0n) is 16.9. The summed E-state index contributed by atoms with van der Waals surface area (Å²) in [5.74, 6) is -0.962. The number of nitrogens with one attached hydrogen (secondary N) is 2. The van der Waals surface area contributed by atoms with E-state index in [2.05, 4.69) is 10.3 Å². The predicted molar refractivity (Wildman–Crippen MR) is 124 cm³/mol. The summed E-state index contributed by atoms with van der Waals surface area (Å²) >= 11 is 6.30. The Kier molecular flexibility index (Phi) is 5.86. The first kappa shape index (κ1) is 21.8. The van der Waals surface area contributed by atoms with Crippen LogP contribution in [0.15, 0.2) is 83.9 Å². The summed E-state index contributed by atoms with van der Waals surface area (Å²) in [6.45, 7) is 0. The van der Waals surface area contributed by atoms with Gasteiger partial charge >= 0.3 is 0 Å². The first-order chi connectivity index (χ1) is 15.2. The number of H-pyrrole nitrogens is 1. The number of aromatic amines is 1. The van der Waals surface area contributed by atoms with Crippen LogP contribution in [0, 0.1) is 5.82 Å². The van der Waals surface area contributed by atoms with Crippen molar-refractivity contribution in [1.82, 2.24) is 4.98 Å². The second kappa shape index (κ2) is 8.61. The Morgan fingerprint density at radius 1 is 0.969 bits per heavy atom. The van der Waals surface area contributed by atoms with Crippen LogP contribution in [0.3, 0.4) is 0 Å². The van der Waals surface area contributed by atoms with Gasteiger partial charge in [0.1, 0.15) is 5.82 Å². The molecule has 0 unspecified atom stereocenters. The summed E-state index contributed by atoms with van der Waals surface area (Å²) in [7, 11) is -3.52. The van der Waals surface area contributed by atoms with Crippen LogP contribution in [0.1, 0.15) is 10.4 Å². The van der Waals surface area contributed by atoms with Gasteiger partial charge in [-0.25, -0.2) is 12.8 Å². The highest BCUT2D eigenvalue weighted by molar-refractivity contribution is 7.90. The number of amides is 1. The van der Waals surface area contributed by atoms with Crippen molar-refractivity contribution in [2.24, 2.45) is 0 Å². The normalized spacial score (nSPS) is 11.3. The number of halogens is 2. The molecule has 0 saturated heterocycles. The van der Waals surface area contributed by atoms with Gasteiger partial charge < -0.3 is 10.3 Å². The Morgan fingerprint density at radius 2 is 1.78 bits per heavy atom. The molecule has 0 radical (unpaired) electrons. The molecule has 162 valence electrons. The van der Waals surface area contributed by atoms with Crippen LogP contribution in [0.4, 0.5) is 10.1 Å². The number of carbonyl (C=O) groups is 1. The molecule has 2 N–H and O–H groups in total. The quantitative estimate of drug-likeness (QED) is 0.388. The maximum atomic E-state index is 13.8. The van der Waals surface area contributed by atoms with Gasteiger partial charge in [-0.1, -0.05) is 23.7 Å². The second-order valence-electron chi connectivity index (χ2n) is 7.22. The first-order valence-electron chi connectivity index (χ1n) is 9.57. The van der Waals surface area contributed by atoms with E-state index in [1.165, 1.54) is 36.4 Å². The van der Waals surface area contributed by atoms with Crippen molar-refractivity contribution in [3.8, 4) is 22.4 Å². The minimum absolute atomic E-state index is 0.0360. The maximum Gasteiger partial charge on any atom is 0.256 e. The number of carbonyl (C=O) groups excluding carboxylic acids is 1. The lowest BCUT2D eigenvalue weighted by atomic mass is 9.99. The van der Waals surface area contributed by atoms with Gasteiger partial charge in [-0.05, 0) is 71.8 Å². The van der Waals surface area contributed by atoms with Crippen LogP contribution in [-0.4, -0.2) is 25.6 Å². The number of sulfone groups is 1. The lowest BCUT2D eigenvalue weighted by molar-refractivity contribution is 0.102. The fourth-order valence-corrected chi connectivity index (χ4v) is 4.22. The Morgan fingerprint density at radius 3 is 2.47 bits per heavy atom. The van der Waals surface area contributed by atoms with Gasteiger partial charge in [0.2, 0.25) is 0 Å². The topological polar surface area (TPSA) is 79.0 Å². The molecule has 0 aliphatic heterocycles. The van der Waals surface area contributed by atoms with E-state index in [1.54, 1.807) is 30.5 Å². The largest absolute Gasteiger partial charge is 0.361 e.